The molecular formula is C23H30F3N7O2. The molecule has 3 N–H and O–H groups in total. The zero-order valence-electron chi connectivity index (χ0n) is 19.6. The van der Waals surface area contributed by atoms with Crippen molar-refractivity contribution in [1.82, 2.24) is 20.3 Å². The average molecular weight is 494 g/mol. The lowest BCUT2D eigenvalue weighted by Gasteiger charge is -2.28. The Labute approximate surface area is 201 Å². The van der Waals surface area contributed by atoms with Gasteiger partial charge < -0.3 is 25.6 Å². The molecule has 1 saturated carbocycles. The summed E-state index contributed by atoms with van der Waals surface area (Å²) < 4.78 is 45.8. The zero-order chi connectivity index (χ0) is 24.8. The molecule has 0 radical (unpaired) electrons. The summed E-state index contributed by atoms with van der Waals surface area (Å²) in [5.41, 5.74) is 0.521. The van der Waals surface area contributed by atoms with Crippen molar-refractivity contribution in [2.75, 3.05) is 54.9 Å². The number of nitrogens with zero attached hydrogens (tertiary/aromatic N) is 4. The second-order valence-corrected chi connectivity index (χ2v) is 8.73. The fourth-order valence-corrected chi connectivity index (χ4v) is 3.86. The molecule has 1 aliphatic heterocycles. The first-order valence-corrected chi connectivity index (χ1v) is 11.8. The van der Waals surface area contributed by atoms with Crippen molar-refractivity contribution in [3.05, 3.63) is 29.6 Å². The van der Waals surface area contributed by atoms with Gasteiger partial charge in [-0.1, -0.05) is 6.42 Å². The second kappa shape index (κ2) is 11.1. The first kappa shape index (κ1) is 25.0. The lowest BCUT2D eigenvalue weighted by atomic mass is 9.85. The first-order valence-electron chi connectivity index (χ1n) is 11.8. The number of anilines is 4. The Balaban J connectivity index is 1.39. The largest absolute Gasteiger partial charge is 0.421 e. The number of amides is 1. The Bertz CT molecular complexity index is 1020. The molecule has 0 bridgehead atoms. The van der Waals surface area contributed by atoms with Gasteiger partial charge >= 0.3 is 6.18 Å². The third-order valence-corrected chi connectivity index (χ3v) is 6.19. The minimum atomic E-state index is -4.60. The van der Waals surface area contributed by atoms with Gasteiger partial charge in [-0.3, -0.25) is 4.79 Å². The normalized spacial score (nSPS) is 16.5. The van der Waals surface area contributed by atoms with E-state index >= 15 is 0 Å². The van der Waals surface area contributed by atoms with Gasteiger partial charge in [-0.05, 0) is 37.8 Å². The number of rotatable bonds is 9. The lowest BCUT2D eigenvalue weighted by molar-refractivity contribution is -0.137. The van der Waals surface area contributed by atoms with Gasteiger partial charge in [0.1, 0.15) is 17.2 Å². The number of pyridine rings is 1. The number of carbonyl (C=O) groups excluding carboxylic acids is 1. The Morgan fingerprint density at radius 3 is 2.60 bits per heavy atom. The molecule has 2 fully saturated rings. The van der Waals surface area contributed by atoms with Gasteiger partial charge in [0.25, 0.3) is 0 Å². The van der Waals surface area contributed by atoms with Gasteiger partial charge in [0.2, 0.25) is 11.9 Å². The van der Waals surface area contributed by atoms with E-state index in [4.69, 9.17) is 4.74 Å². The van der Waals surface area contributed by atoms with Crippen LogP contribution in [0.1, 0.15) is 36.8 Å². The smallest absolute Gasteiger partial charge is 0.378 e. The summed E-state index contributed by atoms with van der Waals surface area (Å²) in [6.45, 7) is 5.28. The van der Waals surface area contributed by atoms with Gasteiger partial charge in [0, 0.05) is 38.3 Å². The molecule has 2 aromatic rings. The maximum absolute atomic E-state index is 13.5. The average Bonchev–Trinajstić information content (AvgIpc) is 2.79. The summed E-state index contributed by atoms with van der Waals surface area (Å²) in [6.07, 6.45) is 1.13. The number of hydrogen-bond donors (Lipinski definition) is 3. The van der Waals surface area contributed by atoms with Gasteiger partial charge in [0.15, 0.2) is 0 Å². The van der Waals surface area contributed by atoms with Gasteiger partial charge in [-0.15, -0.1) is 0 Å². The number of aryl methyl sites for hydroxylation is 1. The minimum Gasteiger partial charge on any atom is -0.378 e. The molecule has 1 aliphatic carbocycles. The molecule has 0 aromatic carbocycles. The highest BCUT2D eigenvalue weighted by Gasteiger charge is 2.35. The van der Waals surface area contributed by atoms with Crippen molar-refractivity contribution in [3.8, 4) is 0 Å². The third-order valence-electron chi connectivity index (χ3n) is 6.19. The van der Waals surface area contributed by atoms with Crippen LogP contribution in [0, 0.1) is 12.8 Å². The van der Waals surface area contributed by atoms with Gasteiger partial charge in [0.05, 0.1) is 25.1 Å². The summed E-state index contributed by atoms with van der Waals surface area (Å²) in [6, 6.07) is 1.91. The monoisotopic (exact) mass is 493 g/mol. The highest BCUT2D eigenvalue weighted by molar-refractivity contribution is 5.79. The number of ether oxygens (including phenoxy) is 1. The molecule has 2 aliphatic rings. The molecule has 3 heterocycles. The summed E-state index contributed by atoms with van der Waals surface area (Å²) in [5, 5.41) is 8.55. The summed E-state index contributed by atoms with van der Waals surface area (Å²) in [5.74, 6) is 0.635. The fraction of sp³-hybridized carbons (Fsp3) is 0.565. The quantitative estimate of drug-likeness (QED) is 0.456. The number of hydrogen-bond acceptors (Lipinski definition) is 8. The summed E-state index contributed by atoms with van der Waals surface area (Å²) in [7, 11) is 0. The number of aromatic nitrogens is 3. The van der Waals surface area contributed by atoms with Crippen LogP contribution < -0.4 is 20.9 Å². The SMILES string of the molecule is Cc1cc(N2CCOCC2)ncc1Nc1ncc(C(F)(F)F)c(NCCCNC(=O)C2CCC2)n1. The molecule has 1 amide bonds. The molecule has 1 saturated heterocycles. The summed E-state index contributed by atoms with van der Waals surface area (Å²) >= 11 is 0. The summed E-state index contributed by atoms with van der Waals surface area (Å²) in [4.78, 5) is 26.4. The third kappa shape index (κ3) is 6.50. The van der Waals surface area contributed by atoms with Crippen LogP contribution in [0.15, 0.2) is 18.5 Å². The molecule has 9 nitrogen and oxygen atoms in total. The Morgan fingerprint density at radius 2 is 1.94 bits per heavy atom. The van der Waals surface area contributed by atoms with Crippen molar-refractivity contribution in [1.29, 1.82) is 0 Å². The van der Waals surface area contributed by atoms with E-state index in [0.29, 0.717) is 31.9 Å². The van der Waals surface area contributed by atoms with Crippen molar-refractivity contribution in [2.24, 2.45) is 5.92 Å². The van der Waals surface area contributed by atoms with E-state index in [1.807, 2.05) is 13.0 Å². The van der Waals surface area contributed by atoms with Gasteiger partial charge in [-0.2, -0.15) is 18.2 Å². The molecule has 0 atom stereocenters. The van der Waals surface area contributed by atoms with Crippen LogP contribution in [0.5, 0.6) is 0 Å². The van der Waals surface area contributed by atoms with Crippen LogP contribution in [0.4, 0.5) is 36.4 Å². The molecule has 35 heavy (non-hydrogen) atoms. The molecule has 0 spiro atoms. The van der Waals surface area contributed by atoms with Crippen molar-refractivity contribution < 1.29 is 22.7 Å². The van der Waals surface area contributed by atoms with Crippen LogP contribution in [0.3, 0.4) is 0 Å². The molecular weight excluding hydrogens is 463 g/mol. The van der Waals surface area contributed by atoms with E-state index in [-0.39, 0.29) is 30.1 Å². The topological polar surface area (TPSA) is 104 Å². The maximum Gasteiger partial charge on any atom is 0.421 e. The van der Waals surface area contributed by atoms with Crippen LogP contribution >= 0.6 is 0 Å². The highest BCUT2D eigenvalue weighted by atomic mass is 19.4. The highest BCUT2D eigenvalue weighted by Crippen LogP contribution is 2.34. The Kier molecular flexibility index (Phi) is 7.89. The molecule has 0 unspecified atom stereocenters. The van der Waals surface area contributed by atoms with E-state index < -0.39 is 11.7 Å². The van der Waals surface area contributed by atoms with Crippen molar-refractivity contribution >= 4 is 29.2 Å². The van der Waals surface area contributed by atoms with E-state index in [1.165, 1.54) is 0 Å². The maximum atomic E-state index is 13.5. The number of alkyl halides is 3. The standard InChI is InChI=1S/C23H30F3N7O2/c1-15-12-19(33-8-10-35-11-9-33)29-14-18(15)31-22-30-13-17(23(24,25)26)20(32-22)27-6-3-7-28-21(34)16-4-2-5-16/h12-14,16H,2-11H2,1H3,(H,28,34)(H2,27,30,31,32). The Hall–Kier alpha value is -3.15. The number of halogens is 3. The molecule has 4 rings (SSSR count). The van der Waals surface area contributed by atoms with Crippen LogP contribution in [-0.2, 0) is 15.7 Å². The first-order chi connectivity index (χ1) is 16.8. The number of morpholine rings is 1. The predicted molar refractivity (Wildman–Crippen MR) is 126 cm³/mol. The van der Waals surface area contributed by atoms with E-state index in [2.05, 4.69) is 35.8 Å². The van der Waals surface area contributed by atoms with E-state index in [1.54, 1.807) is 6.20 Å². The predicted octanol–water partition coefficient (Wildman–Crippen LogP) is 3.50. The van der Waals surface area contributed by atoms with E-state index in [9.17, 15) is 18.0 Å². The zero-order valence-corrected chi connectivity index (χ0v) is 19.6. The minimum absolute atomic E-state index is 0.0179. The molecule has 2 aromatic heterocycles. The van der Waals surface area contributed by atoms with E-state index in [0.717, 1.165) is 49.9 Å². The van der Waals surface area contributed by atoms with Crippen molar-refractivity contribution in [3.63, 3.8) is 0 Å². The van der Waals surface area contributed by atoms with Crippen LogP contribution in [0.25, 0.3) is 0 Å². The second-order valence-electron chi connectivity index (χ2n) is 8.73. The number of nitrogens with one attached hydrogen (secondary N) is 3. The van der Waals surface area contributed by atoms with Crippen LogP contribution in [-0.4, -0.2) is 60.3 Å². The van der Waals surface area contributed by atoms with Crippen LogP contribution in [0.2, 0.25) is 0 Å². The fourth-order valence-electron chi connectivity index (χ4n) is 3.86. The van der Waals surface area contributed by atoms with Crippen molar-refractivity contribution in [2.45, 2.75) is 38.8 Å². The molecule has 12 heteroatoms. The molecule has 190 valence electrons. The lowest BCUT2D eigenvalue weighted by Crippen LogP contribution is -2.36. The Morgan fingerprint density at radius 1 is 1.17 bits per heavy atom. The van der Waals surface area contributed by atoms with Gasteiger partial charge in [-0.25, -0.2) is 9.97 Å². The number of carbonyl (C=O) groups is 1.